The molecule has 162 valence electrons. The van der Waals surface area contributed by atoms with Crippen molar-refractivity contribution in [3.8, 4) is 0 Å². The Kier molecular flexibility index (Phi) is 5.27. The molecule has 4 rings (SSSR count). The van der Waals surface area contributed by atoms with Crippen molar-refractivity contribution in [3.05, 3.63) is 11.6 Å². The van der Waals surface area contributed by atoms with Crippen molar-refractivity contribution in [1.82, 2.24) is 0 Å². The van der Waals surface area contributed by atoms with Crippen LogP contribution in [-0.4, -0.2) is 17.9 Å². The van der Waals surface area contributed by atoms with E-state index in [0.29, 0.717) is 41.8 Å². The molecule has 4 aliphatic rings. The van der Waals surface area contributed by atoms with Gasteiger partial charge in [0.05, 0.1) is 0 Å². The van der Waals surface area contributed by atoms with Gasteiger partial charge in [0, 0.05) is 17.8 Å². The molecule has 0 spiro atoms. The number of ketones is 1. The van der Waals surface area contributed by atoms with Gasteiger partial charge in [-0.25, -0.2) is 0 Å². The van der Waals surface area contributed by atoms with Gasteiger partial charge in [-0.2, -0.15) is 0 Å². The van der Waals surface area contributed by atoms with Crippen molar-refractivity contribution in [2.45, 2.75) is 92.6 Å². The highest BCUT2D eigenvalue weighted by Gasteiger charge is 2.63. The number of carbonyl (C=O) groups excluding carboxylic acids is 2. The lowest BCUT2D eigenvalue weighted by Gasteiger charge is -2.60. The SMILES string of the molecule is CCC(=O)OC1C(C)CC2C3C(C)CC4=CC(=O)C(CC)C[C@]4(C)C3CCC21C. The Morgan fingerprint density at radius 2 is 1.90 bits per heavy atom. The molecular weight excluding hydrogens is 360 g/mol. The van der Waals surface area contributed by atoms with E-state index < -0.39 is 0 Å². The van der Waals surface area contributed by atoms with Gasteiger partial charge in [-0.1, -0.05) is 47.1 Å². The molecule has 9 atom stereocenters. The Labute approximate surface area is 177 Å². The lowest BCUT2D eigenvalue weighted by molar-refractivity contribution is -0.163. The summed E-state index contributed by atoms with van der Waals surface area (Å²) in [4.78, 5) is 24.8. The van der Waals surface area contributed by atoms with Gasteiger partial charge >= 0.3 is 5.97 Å². The molecule has 0 heterocycles. The summed E-state index contributed by atoms with van der Waals surface area (Å²) in [6.45, 7) is 13.6. The normalized spacial score (nSPS) is 49.0. The van der Waals surface area contributed by atoms with Crippen LogP contribution in [0.5, 0.6) is 0 Å². The average Bonchev–Trinajstić information content (AvgIpc) is 2.93. The molecule has 0 saturated heterocycles. The molecular formula is C26H40O3. The maximum Gasteiger partial charge on any atom is 0.305 e. The van der Waals surface area contributed by atoms with E-state index in [1.165, 1.54) is 18.4 Å². The van der Waals surface area contributed by atoms with Gasteiger partial charge in [0.15, 0.2) is 5.78 Å². The summed E-state index contributed by atoms with van der Waals surface area (Å²) in [7, 11) is 0. The van der Waals surface area contributed by atoms with Crippen LogP contribution in [0.25, 0.3) is 0 Å². The largest absolute Gasteiger partial charge is 0.461 e. The Bertz CT molecular complexity index is 723. The van der Waals surface area contributed by atoms with Crippen LogP contribution in [0.1, 0.15) is 86.5 Å². The van der Waals surface area contributed by atoms with Crippen molar-refractivity contribution in [2.75, 3.05) is 0 Å². The van der Waals surface area contributed by atoms with E-state index in [4.69, 9.17) is 4.74 Å². The number of ether oxygens (including phenoxy) is 1. The number of allylic oxidation sites excluding steroid dienone is 1. The van der Waals surface area contributed by atoms with Gasteiger partial charge in [-0.3, -0.25) is 9.59 Å². The first kappa shape index (κ1) is 21.1. The molecule has 4 aliphatic carbocycles. The molecule has 0 aromatic heterocycles. The minimum atomic E-state index is -0.0451. The average molecular weight is 401 g/mol. The van der Waals surface area contributed by atoms with Gasteiger partial charge in [0.1, 0.15) is 6.10 Å². The third-order valence-electron chi connectivity index (χ3n) is 9.74. The first-order valence-corrected chi connectivity index (χ1v) is 12.1. The fraction of sp³-hybridized carbons (Fsp3) is 0.846. The highest BCUT2D eigenvalue weighted by molar-refractivity contribution is 5.93. The van der Waals surface area contributed by atoms with Crippen LogP contribution in [0.4, 0.5) is 0 Å². The zero-order chi connectivity index (χ0) is 21.1. The Hall–Kier alpha value is -1.12. The summed E-state index contributed by atoms with van der Waals surface area (Å²) >= 11 is 0. The van der Waals surface area contributed by atoms with E-state index in [1.54, 1.807) is 0 Å². The Balaban J connectivity index is 1.68. The summed E-state index contributed by atoms with van der Waals surface area (Å²) in [6.07, 6.45) is 9.16. The molecule has 0 N–H and O–H groups in total. The molecule has 3 heteroatoms. The van der Waals surface area contributed by atoms with Crippen molar-refractivity contribution >= 4 is 11.8 Å². The second kappa shape index (κ2) is 7.24. The van der Waals surface area contributed by atoms with Crippen molar-refractivity contribution in [3.63, 3.8) is 0 Å². The monoisotopic (exact) mass is 400 g/mol. The molecule has 29 heavy (non-hydrogen) atoms. The topological polar surface area (TPSA) is 43.4 Å². The quantitative estimate of drug-likeness (QED) is 0.548. The van der Waals surface area contributed by atoms with Gasteiger partial charge in [-0.15, -0.1) is 0 Å². The van der Waals surface area contributed by atoms with Crippen LogP contribution >= 0.6 is 0 Å². The third kappa shape index (κ3) is 3.05. The number of esters is 1. The summed E-state index contributed by atoms with van der Waals surface area (Å²) in [5.74, 6) is 3.52. The molecule has 3 saturated carbocycles. The van der Waals surface area contributed by atoms with Gasteiger partial charge in [-0.05, 0) is 79.6 Å². The van der Waals surface area contributed by atoms with Crippen LogP contribution in [0.2, 0.25) is 0 Å². The molecule has 3 fully saturated rings. The van der Waals surface area contributed by atoms with E-state index >= 15 is 0 Å². The van der Waals surface area contributed by atoms with Crippen molar-refractivity contribution < 1.29 is 14.3 Å². The standard InChI is InChI=1S/C26H40O3/c1-7-17-14-26(6)18(13-21(17)27)11-15(3)23-19(26)9-10-25(5)20(23)12-16(4)24(25)29-22(28)8-2/h13,15-17,19-20,23-24H,7-12,14H2,1-6H3/t15?,16?,17?,19?,20?,23?,24?,25?,26-/m0/s1. The van der Waals surface area contributed by atoms with Crippen LogP contribution < -0.4 is 0 Å². The summed E-state index contributed by atoms with van der Waals surface area (Å²) < 4.78 is 6.05. The predicted octanol–water partition coefficient (Wildman–Crippen LogP) is 5.97. The smallest absolute Gasteiger partial charge is 0.305 e. The van der Waals surface area contributed by atoms with Crippen LogP contribution in [0.3, 0.4) is 0 Å². The maximum atomic E-state index is 12.6. The van der Waals surface area contributed by atoms with Crippen molar-refractivity contribution in [1.29, 1.82) is 0 Å². The molecule has 0 bridgehead atoms. The number of fused-ring (bicyclic) bond motifs is 5. The zero-order valence-electron chi connectivity index (χ0n) is 19.3. The van der Waals surface area contributed by atoms with Crippen molar-refractivity contribution in [2.24, 2.45) is 46.3 Å². The predicted molar refractivity (Wildman–Crippen MR) is 115 cm³/mol. The van der Waals surface area contributed by atoms with Crippen LogP contribution in [0, 0.1) is 46.3 Å². The third-order valence-corrected chi connectivity index (χ3v) is 9.74. The van der Waals surface area contributed by atoms with Gasteiger partial charge < -0.3 is 4.74 Å². The minimum Gasteiger partial charge on any atom is -0.461 e. The maximum absolute atomic E-state index is 12.6. The van der Waals surface area contributed by atoms with E-state index in [2.05, 4.69) is 34.6 Å². The second-order valence-electron chi connectivity index (χ2n) is 11.3. The summed E-state index contributed by atoms with van der Waals surface area (Å²) in [5, 5.41) is 0. The van der Waals surface area contributed by atoms with E-state index in [-0.39, 0.29) is 28.8 Å². The highest BCUT2D eigenvalue weighted by atomic mass is 16.5. The molecule has 0 aromatic rings. The Morgan fingerprint density at radius 3 is 2.55 bits per heavy atom. The number of rotatable bonds is 3. The lowest BCUT2D eigenvalue weighted by Crippen LogP contribution is -2.55. The highest BCUT2D eigenvalue weighted by Crippen LogP contribution is 2.68. The molecule has 8 unspecified atom stereocenters. The minimum absolute atomic E-state index is 0.0451. The fourth-order valence-electron chi connectivity index (χ4n) is 8.24. The molecule has 3 nitrogen and oxygen atoms in total. The first-order chi connectivity index (χ1) is 13.7. The molecule has 0 radical (unpaired) electrons. The first-order valence-electron chi connectivity index (χ1n) is 12.1. The van der Waals surface area contributed by atoms with Crippen LogP contribution in [0.15, 0.2) is 11.6 Å². The zero-order valence-corrected chi connectivity index (χ0v) is 19.3. The number of carbonyl (C=O) groups is 2. The lowest BCUT2D eigenvalue weighted by atomic mass is 9.44. The second-order valence-corrected chi connectivity index (χ2v) is 11.3. The molecule has 0 aliphatic heterocycles. The van der Waals surface area contributed by atoms with E-state index in [9.17, 15) is 9.59 Å². The fourth-order valence-corrected chi connectivity index (χ4v) is 8.24. The number of hydrogen-bond acceptors (Lipinski definition) is 3. The Morgan fingerprint density at radius 1 is 1.17 bits per heavy atom. The molecule has 0 amide bonds. The van der Waals surface area contributed by atoms with Gasteiger partial charge in [0.25, 0.3) is 0 Å². The summed E-state index contributed by atoms with van der Waals surface area (Å²) in [6, 6.07) is 0. The molecule has 0 aromatic carbocycles. The summed E-state index contributed by atoms with van der Waals surface area (Å²) in [5.41, 5.74) is 1.71. The van der Waals surface area contributed by atoms with Gasteiger partial charge in [0.2, 0.25) is 0 Å². The van der Waals surface area contributed by atoms with Crippen LogP contribution in [-0.2, 0) is 14.3 Å². The van der Waals surface area contributed by atoms with E-state index in [1.807, 2.05) is 13.0 Å². The van der Waals surface area contributed by atoms with E-state index in [0.717, 1.165) is 25.7 Å². The number of hydrogen-bond donors (Lipinski definition) is 0.